The quantitative estimate of drug-likeness (QED) is 0.638. The lowest BCUT2D eigenvalue weighted by Gasteiger charge is -2.12. The molecule has 0 aliphatic heterocycles. The van der Waals surface area contributed by atoms with Gasteiger partial charge in [0.2, 0.25) is 0 Å². The highest BCUT2D eigenvalue weighted by molar-refractivity contribution is 9.11. The van der Waals surface area contributed by atoms with Gasteiger partial charge >= 0.3 is 0 Å². The highest BCUT2D eigenvalue weighted by Gasteiger charge is 2.09. The van der Waals surface area contributed by atoms with E-state index in [0.29, 0.717) is 0 Å². The molecule has 0 radical (unpaired) electrons. The number of ether oxygens (including phenoxy) is 1. The highest BCUT2D eigenvalue weighted by atomic mass is 79.9. The van der Waals surface area contributed by atoms with Gasteiger partial charge in [-0.2, -0.15) is 0 Å². The molecule has 2 nitrogen and oxygen atoms in total. The first-order valence-corrected chi connectivity index (χ1v) is 8.76. The predicted molar refractivity (Wildman–Crippen MR) is 91.0 cm³/mol. The van der Waals surface area contributed by atoms with E-state index in [2.05, 4.69) is 71.3 Å². The molecule has 1 N–H and O–H groups in total. The van der Waals surface area contributed by atoms with Crippen LogP contribution < -0.4 is 10.1 Å². The summed E-state index contributed by atoms with van der Waals surface area (Å²) in [5.41, 5.74) is 1.12. The van der Waals surface area contributed by atoms with E-state index in [1.54, 1.807) is 18.4 Å². The molecule has 0 saturated heterocycles. The van der Waals surface area contributed by atoms with Crippen LogP contribution in [0.15, 0.2) is 37.0 Å². The first kappa shape index (κ1) is 15.5. The first-order chi connectivity index (χ1) is 9.10. The Kier molecular flexibility index (Phi) is 5.89. The van der Waals surface area contributed by atoms with Crippen LogP contribution in [0, 0.1) is 0 Å². The number of methoxy groups -OCH3 is 1. The molecule has 0 aliphatic rings. The number of hydrogen-bond donors (Lipinski definition) is 1. The fraction of sp³-hybridized carbons (Fsp3) is 0.231. The van der Waals surface area contributed by atoms with Crippen LogP contribution in [0.3, 0.4) is 0 Å². The van der Waals surface area contributed by atoms with E-state index in [-0.39, 0.29) is 0 Å². The molecule has 0 atom stereocenters. The van der Waals surface area contributed by atoms with Gasteiger partial charge in [0.05, 0.1) is 15.4 Å². The zero-order valence-corrected chi connectivity index (χ0v) is 15.7. The van der Waals surface area contributed by atoms with Crippen molar-refractivity contribution in [2.24, 2.45) is 0 Å². The molecule has 2 rings (SSSR count). The second-order valence-electron chi connectivity index (χ2n) is 3.89. The van der Waals surface area contributed by atoms with Crippen LogP contribution >= 0.6 is 59.1 Å². The maximum atomic E-state index is 5.43. The molecule has 1 aromatic heterocycles. The third-order valence-electron chi connectivity index (χ3n) is 2.53. The van der Waals surface area contributed by atoms with Gasteiger partial charge < -0.3 is 10.1 Å². The summed E-state index contributed by atoms with van der Waals surface area (Å²) in [5, 5.41) is 3.43. The Balaban J connectivity index is 2.02. The smallest absolute Gasteiger partial charge is 0.137 e. The predicted octanol–water partition coefficient (Wildman–Crippen LogP) is 5.33. The molecule has 19 heavy (non-hydrogen) atoms. The number of nitrogens with one attached hydrogen (secondary N) is 1. The minimum atomic E-state index is 0.761. The van der Waals surface area contributed by atoms with Crippen LogP contribution in [0.5, 0.6) is 5.75 Å². The van der Waals surface area contributed by atoms with Crippen molar-refractivity contribution in [1.82, 2.24) is 5.32 Å². The van der Waals surface area contributed by atoms with Crippen LogP contribution in [0.25, 0.3) is 0 Å². The first-order valence-electron chi connectivity index (χ1n) is 5.57. The molecule has 1 heterocycles. The van der Waals surface area contributed by atoms with Gasteiger partial charge in [0.15, 0.2) is 0 Å². The lowest BCUT2D eigenvalue weighted by atomic mass is 10.2. The van der Waals surface area contributed by atoms with Gasteiger partial charge in [0, 0.05) is 28.0 Å². The van der Waals surface area contributed by atoms with Crippen molar-refractivity contribution in [3.05, 3.63) is 47.4 Å². The second kappa shape index (κ2) is 7.22. The van der Waals surface area contributed by atoms with Crippen molar-refractivity contribution < 1.29 is 4.74 Å². The van der Waals surface area contributed by atoms with E-state index in [1.807, 2.05) is 6.07 Å². The van der Waals surface area contributed by atoms with E-state index < -0.39 is 0 Å². The second-order valence-corrected chi connectivity index (χ2v) is 8.21. The largest absolute Gasteiger partial charge is 0.495 e. The fourth-order valence-corrected chi connectivity index (χ4v) is 4.67. The Morgan fingerprint density at radius 3 is 2.58 bits per heavy atom. The molecule has 0 saturated carbocycles. The van der Waals surface area contributed by atoms with Gasteiger partial charge in [-0.15, -0.1) is 11.3 Å². The minimum Gasteiger partial charge on any atom is -0.495 e. The van der Waals surface area contributed by atoms with Crippen molar-refractivity contribution in [3.8, 4) is 5.75 Å². The Bertz CT molecular complexity index is 571. The molecular weight excluding hydrogens is 458 g/mol. The Hall–Kier alpha value is 0.120. The number of benzene rings is 1. The van der Waals surface area contributed by atoms with Gasteiger partial charge in [0.25, 0.3) is 0 Å². The Morgan fingerprint density at radius 1 is 1.16 bits per heavy atom. The lowest BCUT2D eigenvalue weighted by Crippen LogP contribution is -2.12. The summed E-state index contributed by atoms with van der Waals surface area (Å²) in [6, 6.07) is 8.24. The molecule has 0 amide bonds. The van der Waals surface area contributed by atoms with Crippen LogP contribution in [0.4, 0.5) is 0 Å². The molecule has 0 spiro atoms. The minimum absolute atomic E-state index is 0.761. The summed E-state index contributed by atoms with van der Waals surface area (Å²) in [4.78, 5) is 1.31. The zero-order chi connectivity index (χ0) is 13.8. The summed E-state index contributed by atoms with van der Waals surface area (Å²) in [7, 11) is 1.69. The van der Waals surface area contributed by atoms with Crippen molar-refractivity contribution in [1.29, 1.82) is 0 Å². The van der Waals surface area contributed by atoms with E-state index in [0.717, 1.165) is 37.1 Å². The lowest BCUT2D eigenvalue weighted by molar-refractivity contribution is 0.405. The maximum absolute atomic E-state index is 5.43. The third-order valence-corrected chi connectivity index (χ3v) is 5.20. The normalized spacial score (nSPS) is 10.7. The van der Waals surface area contributed by atoms with Crippen molar-refractivity contribution in [2.75, 3.05) is 7.11 Å². The number of thiophene rings is 1. The SMILES string of the molecule is COc1c(Br)cc(Br)cc1CNCc1ccc(Br)s1. The maximum Gasteiger partial charge on any atom is 0.137 e. The summed E-state index contributed by atoms with van der Waals surface area (Å²) in [6.45, 7) is 1.61. The molecular formula is C13H12Br3NOS. The third kappa shape index (κ3) is 4.29. The van der Waals surface area contributed by atoms with Crippen molar-refractivity contribution in [3.63, 3.8) is 0 Å². The Morgan fingerprint density at radius 2 is 1.95 bits per heavy atom. The molecule has 0 aliphatic carbocycles. The average Bonchev–Trinajstić information content (AvgIpc) is 2.74. The van der Waals surface area contributed by atoms with E-state index in [1.165, 1.54) is 4.88 Å². The van der Waals surface area contributed by atoms with E-state index >= 15 is 0 Å². The highest BCUT2D eigenvalue weighted by Crippen LogP contribution is 2.32. The Labute approximate surface area is 141 Å². The summed E-state index contributed by atoms with van der Waals surface area (Å²) >= 11 is 12.2. The van der Waals surface area contributed by atoms with Gasteiger partial charge in [-0.05, 0) is 56.1 Å². The number of halogens is 3. The van der Waals surface area contributed by atoms with Gasteiger partial charge in [-0.3, -0.25) is 0 Å². The molecule has 1 aromatic carbocycles. The summed E-state index contributed by atoms with van der Waals surface area (Å²) in [6.07, 6.45) is 0. The topological polar surface area (TPSA) is 21.3 Å². The molecule has 0 bridgehead atoms. The van der Waals surface area contributed by atoms with Crippen molar-refractivity contribution in [2.45, 2.75) is 13.1 Å². The molecule has 0 unspecified atom stereocenters. The number of hydrogen-bond acceptors (Lipinski definition) is 3. The standard InChI is InChI=1S/C13H12Br3NOS/c1-18-13-8(4-9(14)5-11(13)15)6-17-7-10-2-3-12(16)19-10/h2-5,17H,6-7H2,1H3. The van der Waals surface area contributed by atoms with Gasteiger partial charge in [-0.1, -0.05) is 15.9 Å². The fourth-order valence-electron chi connectivity index (χ4n) is 1.74. The summed E-state index contributed by atoms with van der Waals surface area (Å²) in [5.74, 6) is 0.878. The van der Waals surface area contributed by atoms with Gasteiger partial charge in [-0.25, -0.2) is 0 Å². The zero-order valence-electron chi connectivity index (χ0n) is 10.2. The van der Waals surface area contributed by atoms with Crippen LogP contribution in [0.1, 0.15) is 10.4 Å². The van der Waals surface area contributed by atoms with E-state index in [4.69, 9.17) is 4.74 Å². The average molecular weight is 470 g/mol. The molecule has 6 heteroatoms. The number of rotatable bonds is 5. The monoisotopic (exact) mass is 467 g/mol. The van der Waals surface area contributed by atoms with E-state index in [9.17, 15) is 0 Å². The molecule has 102 valence electrons. The van der Waals surface area contributed by atoms with Crippen LogP contribution in [-0.2, 0) is 13.1 Å². The molecule has 2 aromatic rings. The van der Waals surface area contributed by atoms with Crippen LogP contribution in [-0.4, -0.2) is 7.11 Å². The molecule has 0 fully saturated rings. The van der Waals surface area contributed by atoms with Gasteiger partial charge in [0.1, 0.15) is 5.75 Å². The van der Waals surface area contributed by atoms with Crippen LogP contribution in [0.2, 0.25) is 0 Å². The van der Waals surface area contributed by atoms with Crippen molar-refractivity contribution >= 4 is 59.1 Å². The summed E-state index contributed by atoms with van der Waals surface area (Å²) < 4.78 is 8.58.